The summed E-state index contributed by atoms with van der Waals surface area (Å²) < 4.78 is 36.3. The van der Waals surface area contributed by atoms with E-state index in [9.17, 15) is 28.5 Å². The van der Waals surface area contributed by atoms with Crippen LogP contribution in [0.4, 0.5) is 0 Å². The van der Waals surface area contributed by atoms with E-state index >= 15 is 0 Å². The van der Waals surface area contributed by atoms with Gasteiger partial charge in [0.05, 0.1) is 35.6 Å². The normalized spacial score (nSPS) is 15.0. The lowest BCUT2D eigenvalue weighted by molar-refractivity contribution is -0.758. The van der Waals surface area contributed by atoms with Crippen LogP contribution in [0, 0.1) is 16.0 Å². The van der Waals surface area contributed by atoms with Gasteiger partial charge < -0.3 is 24.3 Å². The number of H-pyrrole nitrogens is 1. The van der Waals surface area contributed by atoms with Gasteiger partial charge in [-0.15, -0.1) is 10.1 Å². The molecule has 228 valence electrons. The summed E-state index contributed by atoms with van der Waals surface area (Å²) in [6, 6.07) is 4.53. The van der Waals surface area contributed by atoms with E-state index in [1.54, 1.807) is 17.7 Å². The molecule has 0 amide bonds. The number of hydrogen-bond donors (Lipinski definition) is 2. The van der Waals surface area contributed by atoms with Crippen molar-refractivity contribution >= 4 is 27.3 Å². The van der Waals surface area contributed by atoms with Crippen molar-refractivity contribution in [3.63, 3.8) is 0 Å². The predicted octanol–water partition coefficient (Wildman–Crippen LogP) is 3.48. The van der Waals surface area contributed by atoms with Gasteiger partial charge in [0.1, 0.15) is 22.6 Å². The number of aromatic nitrogens is 3. The maximum Gasteiger partial charge on any atom is 0.294 e. The molecule has 1 aliphatic rings. The number of oxime groups is 1. The van der Waals surface area contributed by atoms with Crippen LogP contribution in [0.3, 0.4) is 0 Å². The Morgan fingerprint density at radius 1 is 1.24 bits per heavy atom. The average molecular weight is 605 g/mol. The zero-order valence-electron chi connectivity index (χ0n) is 23.9. The van der Waals surface area contributed by atoms with E-state index < -0.39 is 20.7 Å². The molecule has 1 fully saturated rings. The molecule has 14 nitrogen and oxygen atoms in total. The van der Waals surface area contributed by atoms with Crippen molar-refractivity contribution in [3.05, 3.63) is 49.9 Å². The van der Waals surface area contributed by atoms with Crippen molar-refractivity contribution in [2.24, 2.45) is 18.1 Å². The van der Waals surface area contributed by atoms with E-state index in [2.05, 4.69) is 15.0 Å². The lowest BCUT2D eigenvalue weighted by atomic mass is 9.95. The molecule has 0 bridgehead atoms. The van der Waals surface area contributed by atoms with Gasteiger partial charge in [-0.2, -0.15) is 4.31 Å². The van der Waals surface area contributed by atoms with Crippen LogP contribution >= 0.6 is 0 Å². The van der Waals surface area contributed by atoms with Crippen molar-refractivity contribution < 1.29 is 28.3 Å². The lowest BCUT2D eigenvalue weighted by Crippen LogP contribution is -2.38. The number of fused-ring (bicyclic) bond motifs is 1. The molecule has 42 heavy (non-hydrogen) atoms. The lowest BCUT2D eigenvalue weighted by Gasteiger charge is -2.31. The molecule has 0 unspecified atom stereocenters. The second kappa shape index (κ2) is 13.3. The summed E-state index contributed by atoms with van der Waals surface area (Å²) >= 11 is 0. The molecule has 1 aromatic carbocycles. The Labute approximate surface area is 243 Å². The molecule has 2 N–H and O–H groups in total. The molecular formula is C27H36N6O8S. The van der Waals surface area contributed by atoms with E-state index in [1.807, 2.05) is 13.8 Å². The molecule has 1 aliphatic heterocycles. The quantitative estimate of drug-likeness (QED) is 0.128. The minimum absolute atomic E-state index is 0.0157. The fraction of sp³-hybridized carbons (Fsp3) is 0.519. The number of benzene rings is 1. The highest BCUT2D eigenvalue weighted by atomic mass is 32.2. The molecule has 4 rings (SSSR count). The number of nitrogens with one attached hydrogen (secondary N) is 1. The maximum absolute atomic E-state index is 13.7. The summed E-state index contributed by atoms with van der Waals surface area (Å²) in [6.07, 6.45) is 4.92. The van der Waals surface area contributed by atoms with Crippen molar-refractivity contribution in [1.29, 1.82) is 0 Å². The van der Waals surface area contributed by atoms with Gasteiger partial charge in [-0.3, -0.25) is 4.79 Å². The first-order valence-corrected chi connectivity index (χ1v) is 15.4. The molecule has 0 radical (unpaired) electrons. The van der Waals surface area contributed by atoms with Gasteiger partial charge in [-0.25, -0.2) is 13.4 Å². The van der Waals surface area contributed by atoms with Gasteiger partial charge in [0, 0.05) is 25.7 Å². The molecule has 0 spiro atoms. The molecule has 3 aromatic rings. The predicted molar refractivity (Wildman–Crippen MR) is 155 cm³/mol. The molecular weight excluding hydrogens is 568 g/mol. The number of hydrogen-bond acceptors (Lipinski definition) is 10. The van der Waals surface area contributed by atoms with Crippen molar-refractivity contribution in [1.82, 2.24) is 18.8 Å². The molecule has 2 aromatic heterocycles. The topological polar surface area (TPSA) is 182 Å². The molecule has 0 aliphatic carbocycles. The molecule has 0 saturated carbocycles. The van der Waals surface area contributed by atoms with Gasteiger partial charge in [0.25, 0.3) is 10.6 Å². The standard InChI is InChI=1S/C27H36N6O8S/c1-4-6-20-22(17-28-35)31(3)25-24(20)29-26(30-27(25)34)21-16-19(7-8-23(21)40-14-5-2)42(38,39)32-12-9-18(10-13-32)11-15-41-33(36)37/h7-8,16-18,35H,4-6,9-15H2,1-3H3,(H,29,30,34)/b28-17+. The number of rotatable bonds is 13. The smallest absolute Gasteiger partial charge is 0.294 e. The van der Waals surface area contributed by atoms with Crippen LogP contribution in [0.1, 0.15) is 57.2 Å². The largest absolute Gasteiger partial charge is 0.493 e. The molecule has 15 heteroatoms. The minimum atomic E-state index is -3.90. The summed E-state index contributed by atoms with van der Waals surface area (Å²) in [6.45, 7) is 4.84. The van der Waals surface area contributed by atoms with E-state index in [-0.39, 0.29) is 36.3 Å². The fourth-order valence-electron chi connectivity index (χ4n) is 5.35. The van der Waals surface area contributed by atoms with Crippen molar-refractivity contribution in [2.45, 2.75) is 57.3 Å². The summed E-state index contributed by atoms with van der Waals surface area (Å²) in [7, 11) is -2.21. The second-order valence-electron chi connectivity index (χ2n) is 10.2. The minimum Gasteiger partial charge on any atom is -0.493 e. The van der Waals surface area contributed by atoms with E-state index in [0.717, 1.165) is 12.0 Å². The van der Waals surface area contributed by atoms with Crippen LogP contribution < -0.4 is 10.3 Å². The summed E-state index contributed by atoms with van der Waals surface area (Å²) in [5.41, 5.74) is 1.95. The number of piperidine rings is 1. The number of aromatic amines is 1. The van der Waals surface area contributed by atoms with E-state index in [4.69, 9.17) is 9.72 Å². The van der Waals surface area contributed by atoms with Crippen molar-refractivity contribution in [2.75, 3.05) is 26.3 Å². The highest BCUT2D eigenvalue weighted by molar-refractivity contribution is 7.89. The Bertz CT molecular complexity index is 1620. The van der Waals surface area contributed by atoms with Gasteiger partial charge >= 0.3 is 0 Å². The summed E-state index contributed by atoms with van der Waals surface area (Å²) in [5, 5.41) is 22.0. The Morgan fingerprint density at radius 2 is 1.98 bits per heavy atom. The van der Waals surface area contributed by atoms with Crippen LogP contribution in [0.15, 0.2) is 33.0 Å². The Morgan fingerprint density at radius 3 is 2.62 bits per heavy atom. The van der Waals surface area contributed by atoms with Gasteiger partial charge in [-0.1, -0.05) is 25.4 Å². The van der Waals surface area contributed by atoms with Gasteiger partial charge in [-0.05, 0) is 56.2 Å². The summed E-state index contributed by atoms with van der Waals surface area (Å²) in [4.78, 5) is 35.8. The second-order valence-corrected chi connectivity index (χ2v) is 12.2. The van der Waals surface area contributed by atoms with Crippen LogP contribution in [0.5, 0.6) is 5.75 Å². The fourth-order valence-corrected chi connectivity index (χ4v) is 6.85. The van der Waals surface area contributed by atoms with Gasteiger partial charge in [0.15, 0.2) is 0 Å². The SMILES string of the molecule is CCCOc1ccc(S(=O)(=O)N2CCC(CCO[N+](=O)[O-])CC2)cc1-c1nc2c(CCC)c(/C=N/O)n(C)c2c(=O)[nH]1. The van der Waals surface area contributed by atoms with Crippen LogP contribution in [0.25, 0.3) is 22.4 Å². The van der Waals surface area contributed by atoms with Crippen molar-refractivity contribution in [3.8, 4) is 17.1 Å². The third kappa shape index (κ3) is 6.41. The number of sulfonamides is 1. The zero-order chi connectivity index (χ0) is 30.4. The maximum atomic E-state index is 13.7. The molecule has 0 atom stereocenters. The summed E-state index contributed by atoms with van der Waals surface area (Å²) in [5.74, 6) is 0.672. The number of ether oxygens (including phenoxy) is 1. The first kappa shape index (κ1) is 31.0. The van der Waals surface area contributed by atoms with E-state index in [0.29, 0.717) is 66.8 Å². The molecule has 3 heterocycles. The number of aryl methyl sites for hydroxylation is 2. The Kier molecular flexibility index (Phi) is 9.83. The van der Waals surface area contributed by atoms with Crippen LogP contribution in [-0.4, -0.2) is 70.1 Å². The Hall–Kier alpha value is -3.98. The molecule has 1 saturated heterocycles. The first-order valence-electron chi connectivity index (χ1n) is 14.0. The van der Waals surface area contributed by atoms with E-state index in [1.165, 1.54) is 22.7 Å². The first-order chi connectivity index (χ1) is 20.1. The monoisotopic (exact) mass is 604 g/mol. The number of nitrogens with zero attached hydrogens (tertiary/aromatic N) is 5. The van der Waals surface area contributed by atoms with Crippen LogP contribution in [0.2, 0.25) is 0 Å². The highest BCUT2D eigenvalue weighted by Crippen LogP contribution is 2.34. The zero-order valence-corrected chi connectivity index (χ0v) is 24.7. The average Bonchev–Trinajstić information content (AvgIpc) is 3.23. The third-order valence-electron chi connectivity index (χ3n) is 7.47. The van der Waals surface area contributed by atoms with Crippen LogP contribution in [-0.2, 0) is 28.3 Å². The Balaban J connectivity index is 1.73. The third-order valence-corrected chi connectivity index (χ3v) is 9.36. The highest BCUT2D eigenvalue weighted by Gasteiger charge is 2.30. The van der Waals surface area contributed by atoms with Gasteiger partial charge in [0.2, 0.25) is 10.0 Å².